The van der Waals surface area contributed by atoms with E-state index >= 15 is 0 Å². The number of rotatable bonds is 24. The summed E-state index contributed by atoms with van der Waals surface area (Å²) < 4.78 is 74.2. The maximum atomic E-state index is 7.50. The molecule has 0 aromatic rings. The Labute approximate surface area is 293 Å². The quantitative estimate of drug-likeness (QED) is 0.0760. The van der Waals surface area contributed by atoms with Crippen molar-refractivity contribution in [2.24, 2.45) is 0 Å². The zero-order valence-electron chi connectivity index (χ0n) is 30.2. The van der Waals surface area contributed by atoms with Crippen LogP contribution in [0.3, 0.4) is 0 Å². The fourth-order valence-electron chi connectivity index (χ4n) is 6.50. The van der Waals surface area contributed by atoms with Crippen LogP contribution in [0.15, 0.2) is 0 Å². The molecule has 48 heavy (non-hydrogen) atoms. The van der Waals surface area contributed by atoms with Crippen molar-refractivity contribution < 1.29 is 54.7 Å². The van der Waals surface area contributed by atoms with Crippen molar-refractivity contribution in [3.63, 3.8) is 0 Å². The third-order valence-corrected chi connectivity index (χ3v) is 27.4. The molecule has 0 aromatic carbocycles. The second-order valence-corrected chi connectivity index (χ2v) is 29.9. The standard InChI is InChI=1S/C32H64O12Si4/c1-45(17-7-11-33-21-29-25-37-29)16-6-5-15-41-46(2,18-8-12-34-22-30-26-38-30)43-48(4,20-10-14-36-24-32-28-40-32)44-47(3,42-45)19-9-13-35-23-31-27-39-31/h29-32H,5-28H2,1-4H3. The highest BCUT2D eigenvalue weighted by molar-refractivity contribution is 6.89. The first-order chi connectivity index (χ1) is 23.1. The summed E-state index contributed by atoms with van der Waals surface area (Å²) in [5, 5.41) is 0. The van der Waals surface area contributed by atoms with E-state index in [2.05, 4.69) is 26.2 Å². The van der Waals surface area contributed by atoms with Gasteiger partial charge in [-0.15, -0.1) is 0 Å². The van der Waals surface area contributed by atoms with E-state index in [9.17, 15) is 0 Å². The minimum absolute atomic E-state index is 0.261. The van der Waals surface area contributed by atoms with Gasteiger partial charge >= 0.3 is 25.7 Å². The summed E-state index contributed by atoms with van der Waals surface area (Å²) in [6.07, 6.45) is 6.85. The van der Waals surface area contributed by atoms with E-state index in [0.29, 0.717) is 59.0 Å². The predicted molar refractivity (Wildman–Crippen MR) is 190 cm³/mol. The number of hydrogen-bond acceptors (Lipinski definition) is 12. The Morgan fingerprint density at radius 1 is 0.479 bits per heavy atom. The Bertz CT molecular complexity index is 860. The molecule has 0 aromatic heterocycles. The van der Waals surface area contributed by atoms with E-state index in [1.165, 1.54) is 0 Å². The Hall–Kier alpha value is 0.388. The molecule has 5 fully saturated rings. The van der Waals surface area contributed by atoms with Gasteiger partial charge in [0.15, 0.2) is 8.32 Å². The molecule has 8 unspecified atom stereocenters. The molecular formula is C32H64O12Si4. The SMILES string of the molecule is C[Si]1(CCCOCC2CO2)CCCCO[Si](C)(CCCOCC2CO2)O[Si](C)(CCCOCC2CO2)O[Si](C)(CCCOCC2CO2)O1. The van der Waals surface area contributed by atoms with Crippen LogP contribution in [0.1, 0.15) is 38.5 Å². The first-order valence-corrected chi connectivity index (χ1v) is 29.1. The maximum absolute atomic E-state index is 7.50. The number of hydrogen-bond donors (Lipinski definition) is 0. The van der Waals surface area contributed by atoms with Crippen molar-refractivity contribution in [3.8, 4) is 0 Å². The van der Waals surface area contributed by atoms with Crippen LogP contribution in [-0.2, 0) is 54.7 Å². The van der Waals surface area contributed by atoms with Gasteiger partial charge in [-0.25, -0.2) is 0 Å². The summed E-state index contributed by atoms with van der Waals surface area (Å²) in [4.78, 5) is 0. The Kier molecular flexibility index (Phi) is 16.1. The normalized spacial score (nSPS) is 38.2. The van der Waals surface area contributed by atoms with Crippen LogP contribution in [-0.4, -0.2) is 144 Å². The van der Waals surface area contributed by atoms with E-state index in [1.807, 2.05) is 0 Å². The first kappa shape index (κ1) is 39.6. The van der Waals surface area contributed by atoms with Gasteiger partial charge in [-0.1, -0.05) is 6.42 Å². The van der Waals surface area contributed by atoms with Crippen molar-refractivity contribution in [1.29, 1.82) is 0 Å². The number of epoxide rings is 4. The van der Waals surface area contributed by atoms with Crippen LogP contribution in [0.25, 0.3) is 0 Å². The van der Waals surface area contributed by atoms with E-state index in [4.69, 9.17) is 54.7 Å². The third kappa shape index (κ3) is 16.4. The van der Waals surface area contributed by atoms with Gasteiger partial charge in [0.05, 0.1) is 52.9 Å². The highest BCUT2D eigenvalue weighted by Gasteiger charge is 2.50. The third-order valence-electron chi connectivity index (χ3n) is 9.41. The second kappa shape index (κ2) is 19.5. The lowest BCUT2D eigenvalue weighted by Gasteiger charge is -2.45. The largest absolute Gasteiger partial charge is 0.436 e. The zero-order chi connectivity index (χ0) is 33.8. The molecule has 0 bridgehead atoms. The molecule has 5 saturated heterocycles. The Morgan fingerprint density at radius 3 is 1.29 bits per heavy atom. The molecule has 0 N–H and O–H groups in total. The average molecular weight is 753 g/mol. The summed E-state index contributed by atoms with van der Waals surface area (Å²) in [6, 6.07) is 4.71. The van der Waals surface area contributed by atoms with Crippen LogP contribution < -0.4 is 0 Å². The fraction of sp³-hybridized carbons (Fsp3) is 1.00. The van der Waals surface area contributed by atoms with Crippen molar-refractivity contribution in [2.45, 2.75) is 119 Å². The van der Waals surface area contributed by atoms with Crippen molar-refractivity contribution >= 4 is 34.0 Å². The molecule has 0 radical (unpaired) electrons. The van der Waals surface area contributed by atoms with Gasteiger partial charge in [0.25, 0.3) is 0 Å². The molecule has 5 aliphatic heterocycles. The summed E-state index contributed by atoms with van der Waals surface area (Å²) in [5.74, 6) is 0. The summed E-state index contributed by atoms with van der Waals surface area (Å²) in [5.41, 5.74) is 0. The highest BCUT2D eigenvalue weighted by Crippen LogP contribution is 2.36. The maximum Gasteiger partial charge on any atom is 0.326 e. The van der Waals surface area contributed by atoms with Crippen LogP contribution in [0.5, 0.6) is 0 Å². The van der Waals surface area contributed by atoms with Gasteiger partial charge in [-0.3, -0.25) is 0 Å². The molecule has 16 heteroatoms. The van der Waals surface area contributed by atoms with Crippen LogP contribution >= 0.6 is 0 Å². The van der Waals surface area contributed by atoms with Crippen molar-refractivity contribution in [2.75, 3.05) is 85.9 Å². The molecule has 0 saturated carbocycles. The van der Waals surface area contributed by atoms with E-state index < -0.39 is 34.0 Å². The molecular weight excluding hydrogens is 689 g/mol. The molecule has 12 nitrogen and oxygen atoms in total. The lowest BCUT2D eigenvalue weighted by atomic mass is 10.4. The van der Waals surface area contributed by atoms with Crippen LogP contribution in [0.2, 0.25) is 56.4 Å². The van der Waals surface area contributed by atoms with Crippen LogP contribution in [0, 0.1) is 0 Å². The molecule has 5 aliphatic rings. The van der Waals surface area contributed by atoms with Gasteiger partial charge in [0.1, 0.15) is 24.4 Å². The highest BCUT2D eigenvalue weighted by atomic mass is 28.5. The van der Waals surface area contributed by atoms with E-state index in [1.54, 1.807) is 0 Å². The monoisotopic (exact) mass is 752 g/mol. The van der Waals surface area contributed by atoms with Crippen molar-refractivity contribution in [1.82, 2.24) is 0 Å². The molecule has 8 atom stereocenters. The second-order valence-electron chi connectivity index (χ2n) is 15.0. The molecule has 5 rings (SSSR count). The lowest BCUT2D eigenvalue weighted by molar-refractivity contribution is 0.112. The lowest BCUT2D eigenvalue weighted by Crippen LogP contribution is -2.60. The molecule has 0 aliphatic carbocycles. The van der Waals surface area contributed by atoms with Gasteiger partial charge in [0, 0.05) is 33.0 Å². The Morgan fingerprint density at radius 2 is 0.854 bits per heavy atom. The van der Waals surface area contributed by atoms with Gasteiger partial charge < -0.3 is 54.7 Å². The minimum atomic E-state index is -2.79. The predicted octanol–water partition coefficient (Wildman–Crippen LogP) is 4.86. The minimum Gasteiger partial charge on any atom is -0.436 e. The van der Waals surface area contributed by atoms with E-state index in [0.717, 1.165) is 102 Å². The Balaban J connectivity index is 1.26. The first-order valence-electron chi connectivity index (χ1n) is 18.7. The van der Waals surface area contributed by atoms with Gasteiger partial charge in [-0.2, -0.15) is 0 Å². The van der Waals surface area contributed by atoms with Gasteiger partial charge in [-0.05, 0) is 88.5 Å². The van der Waals surface area contributed by atoms with Crippen molar-refractivity contribution in [3.05, 3.63) is 0 Å². The fourth-order valence-corrected chi connectivity index (χ4v) is 27.4. The van der Waals surface area contributed by atoms with Gasteiger partial charge in [0.2, 0.25) is 0 Å². The molecule has 0 spiro atoms. The summed E-state index contributed by atoms with van der Waals surface area (Å²) in [6.45, 7) is 18.6. The van der Waals surface area contributed by atoms with E-state index in [-0.39, 0.29) is 18.3 Å². The smallest absolute Gasteiger partial charge is 0.326 e. The molecule has 0 amide bonds. The summed E-state index contributed by atoms with van der Waals surface area (Å²) in [7, 11) is -10.2. The van der Waals surface area contributed by atoms with Crippen LogP contribution in [0.4, 0.5) is 0 Å². The number of ether oxygens (including phenoxy) is 8. The summed E-state index contributed by atoms with van der Waals surface area (Å²) >= 11 is 0. The average Bonchev–Trinajstić information content (AvgIpc) is 3.84. The zero-order valence-corrected chi connectivity index (χ0v) is 34.2. The topological polar surface area (TPSA) is 124 Å². The molecule has 5 heterocycles. The molecule has 280 valence electrons.